The number of carbonyl (C=O) groups is 1. The molecule has 3 fully saturated rings. The molecule has 0 aromatic carbocycles. The van der Waals surface area contributed by atoms with Crippen molar-refractivity contribution in [2.45, 2.75) is 122 Å². The van der Waals surface area contributed by atoms with Crippen molar-refractivity contribution in [2.24, 2.45) is 28.6 Å². The topological polar surface area (TPSA) is 17.1 Å². The summed E-state index contributed by atoms with van der Waals surface area (Å²) in [5.41, 5.74) is -6.85. The average Bonchev–Trinajstić information content (AvgIpc) is 3.03. The quantitative estimate of drug-likeness (QED) is 0.326. The van der Waals surface area contributed by atoms with E-state index in [4.69, 9.17) is 0 Å². The van der Waals surface area contributed by atoms with Crippen molar-refractivity contribution >= 4 is 5.78 Å². The van der Waals surface area contributed by atoms with Crippen LogP contribution in [0, 0.1) is 28.6 Å². The van der Waals surface area contributed by atoms with Crippen LogP contribution in [0.4, 0.5) is 35.1 Å². The van der Waals surface area contributed by atoms with Gasteiger partial charge in [-0.05, 0) is 80.1 Å². The summed E-state index contributed by atoms with van der Waals surface area (Å²) < 4.78 is 109. The van der Waals surface area contributed by atoms with Gasteiger partial charge >= 0.3 is 12.4 Å². The van der Waals surface area contributed by atoms with E-state index in [2.05, 4.69) is 0 Å². The summed E-state index contributed by atoms with van der Waals surface area (Å²) in [4.78, 5) is 13.3. The van der Waals surface area contributed by atoms with Gasteiger partial charge in [0.25, 0.3) is 5.67 Å². The SMILES string of the molecule is C[C@H](CCCC(F)(C(F)(F)F)C(F)(F)F)[C@H]1CC(=O)C2=C3CC[C@H]4CCCC[C@]4(C)[C@@]3(F)CC[C@@]21C. The Morgan fingerprint density at radius 2 is 1.58 bits per heavy atom. The van der Waals surface area contributed by atoms with Crippen molar-refractivity contribution in [3.8, 4) is 0 Å². The molecule has 0 heterocycles. The molecule has 0 saturated heterocycles. The predicted octanol–water partition coefficient (Wildman–Crippen LogP) is 9.01. The highest BCUT2D eigenvalue weighted by atomic mass is 19.4. The molecule has 36 heavy (non-hydrogen) atoms. The fourth-order valence-electron chi connectivity index (χ4n) is 8.44. The van der Waals surface area contributed by atoms with E-state index >= 15 is 4.39 Å². The Hall–Kier alpha value is -1.15. The highest BCUT2D eigenvalue weighted by Gasteiger charge is 2.72. The Kier molecular flexibility index (Phi) is 6.73. The van der Waals surface area contributed by atoms with Gasteiger partial charge in [0, 0.05) is 17.4 Å². The van der Waals surface area contributed by atoms with Gasteiger partial charge in [0.1, 0.15) is 5.67 Å². The third-order valence-corrected chi connectivity index (χ3v) is 10.7. The fraction of sp³-hybridized carbons (Fsp3) is 0.889. The minimum Gasteiger partial charge on any atom is -0.295 e. The van der Waals surface area contributed by atoms with Crippen molar-refractivity contribution < 1.29 is 39.9 Å². The van der Waals surface area contributed by atoms with Gasteiger partial charge in [-0.15, -0.1) is 0 Å². The Morgan fingerprint density at radius 3 is 2.19 bits per heavy atom. The molecule has 0 aromatic rings. The zero-order valence-electron chi connectivity index (χ0n) is 21.1. The number of hydrogen-bond donors (Lipinski definition) is 0. The van der Waals surface area contributed by atoms with Crippen LogP contribution in [0.25, 0.3) is 0 Å². The van der Waals surface area contributed by atoms with Gasteiger partial charge in [-0.25, -0.2) is 8.78 Å². The molecule has 0 N–H and O–H groups in total. The molecule has 0 radical (unpaired) electrons. The van der Waals surface area contributed by atoms with E-state index < -0.39 is 53.3 Å². The average molecular weight is 529 g/mol. The lowest BCUT2D eigenvalue weighted by Gasteiger charge is -2.59. The van der Waals surface area contributed by atoms with E-state index in [9.17, 15) is 35.5 Å². The van der Waals surface area contributed by atoms with Crippen molar-refractivity contribution in [2.75, 3.05) is 0 Å². The molecule has 0 aliphatic heterocycles. The van der Waals surface area contributed by atoms with Crippen molar-refractivity contribution in [1.82, 2.24) is 0 Å². The minimum absolute atomic E-state index is 0.0749. The Bertz CT molecular complexity index is 906. The predicted molar refractivity (Wildman–Crippen MR) is 120 cm³/mol. The summed E-state index contributed by atoms with van der Waals surface area (Å²) >= 11 is 0. The molecule has 0 spiro atoms. The number of hydrogen-bond acceptors (Lipinski definition) is 1. The number of fused-ring (bicyclic) bond motifs is 4. The van der Waals surface area contributed by atoms with Crippen LogP contribution in [0.1, 0.15) is 97.8 Å². The second-order valence-corrected chi connectivity index (χ2v) is 12.4. The van der Waals surface area contributed by atoms with Crippen molar-refractivity contribution in [3.05, 3.63) is 11.1 Å². The number of ketones is 1. The van der Waals surface area contributed by atoms with Crippen LogP contribution in [0.5, 0.6) is 0 Å². The second kappa shape index (κ2) is 8.69. The second-order valence-electron chi connectivity index (χ2n) is 12.4. The molecular formula is C27H36F8O. The molecule has 3 saturated carbocycles. The molecular weight excluding hydrogens is 492 g/mol. The van der Waals surface area contributed by atoms with Crippen molar-refractivity contribution in [3.63, 3.8) is 0 Å². The van der Waals surface area contributed by atoms with Crippen LogP contribution < -0.4 is 0 Å². The van der Waals surface area contributed by atoms with Gasteiger partial charge in [-0.2, -0.15) is 26.3 Å². The highest BCUT2D eigenvalue weighted by molar-refractivity contribution is 6.01. The third kappa shape index (κ3) is 3.87. The molecule has 4 rings (SSSR count). The fourth-order valence-corrected chi connectivity index (χ4v) is 8.44. The van der Waals surface area contributed by atoms with E-state index in [0.717, 1.165) is 32.1 Å². The van der Waals surface area contributed by atoms with Gasteiger partial charge in [-0.1, -0.05) is 40.0 Å². The Labute approximate surface area is 207 Å². The summed E-state index contributed by atoms with van der Waals surface area (Å²) in [6.07, 6.45) is -8.54. The Balaban J connectivity index is 1.56. The van der Waals surface area contributed by atoms with Crippen LogP contribution in [0.15, 0.2) is 11.1 Å². The van der Waals surface area contributed by atoms with E-state index in [1.807, 2.05) is 13.8 Å². The summed E-state index contributed by atoms with van der Waals surface area (Å²) in [5, 5.41) is 0. The number of carbonyl (C=O) groups excluding carboxylic acids is 1. The van der Waals surface area contributed by atoms with Crippen LogP contribution in [0.2, 0.25) is 0 Å². The maximum atomic E-state index is 16.9. The number of rotatable bonds is 5. The molecule has 6 atom stereocenters. The lowest BCUT2D eigenvalue weighted by molar-refractivity contribution is -0.343. The van der Waals surface area contributed by atoms with Crippen LogP contribution in [-0.4, -0.2) is 29.5 Å². The van der Waals surface area contributed by atoms with E-state index in [-0.39, 0.29) is 36.9 Å². The molecule has 4 aliphatic carbocycles. The van der Waals surface area contributed by atoms with Crippen molar-refractivity contribution in [1.29, 1.82) is 0 Å². The third-order valence-electron chi connectivity index (χ3n) is 10.7. The molecule has 0 aromatic heterocycles. The lowest BCUT2D eigenvalue weighted by atomic mass is 9.47. The summed E-state index contributed by atoms with van der Waals surface area (Å²) in [6.45, 7) is 5.62. The molecule has 1 nitrogen and oxygen atoms in total. The summed E-state index contributed by atoms with van der Waals surface area (Å²) in [7, 11) is 0. The maximum Gasteiger partial charge on any atom is 0.431 e. The van der Waals surface area contributed by atoms with Gasteiger partial charge < -0.3 is 0 Å². The summed E-state index contributed by atoms with van der Waals surface area (Å²) in [6, 6.07) is 0. The first kappa shape index (κ1) is 27.9. The largest absolute Gasteiger partial charge is 0.431 e. The first-order valence-corrected chi connectivity index (χ1v) is 13.2. The number of allylic oxidation sites excluding steroid dienone is 2. The smallest absolute Gasteiger partial charge is 0.295 e. The molecule has 4 aliphatic rings. The van der Waals surface area contributed by atoms with E-state index in [0.29, 0.717) is 24.0 Å². The highest BCUT2D eigenvalue weighted by Crippen LogP contribution is 2.68. The minimum atomic E-state index is -6.05. The van der Waals surface area contributed by atoms with Gasteiger partial charge in [0.2, 0.25) is 0 Å². The zero-order chi connectivity index (χ0) is 26.9. The van der Waals surface area contributed by atoms with Gasteiger partial charge in [0.15, 0.2) is 5.78 Å². The lowest BCUT2D eigenvalue weighted by Crippen LogP contribution is -2.56. The summed E-state index contributed by atoms with van der Waals surface area (Å²) in [5.74, 6) is -0.593. The zero-order valence-corrected chi connectivity index (χ0v) is 21.1. The molecule has 0 amide bonds. The number of Topliss-reactive ketones (excluding diaryl/α,β-unsaturated/α-hetero) is 1. The number of halogens is 8. The van der Waals surface area contributed by atoms with Crippen LogP contribution in [-0.2, 0) is 4.79 Å². The number of alkyl halides is 8. The monoisotopic (exact) mass is 528 g/mol. The first-order valence-electron chi connectivity index (χ1n) is 13.2. The standard InChI is InChI=1S/C27H36F8O/c1-16(7-6-12-25(29,26(30,31)32)27(33,34)35)19-15-20(36)21-18-10-9-17-8-4-5-11-23(17,3)24(18,28)14-13-22(19,21)2/h16-17,19H,4-15H2,1-3H3/t16-,17-,19-,22-,23+,24-/m1/s1. The van der Waals surface area contributed by atoms with Crippen LogP contribution in [0.3, 0.4) is 0 Å². The molecule has 0 unspecified atom stereocenters. The molecule has 206 valence electrons. The van der Waals surface area contributed by atoms with E-state index in [1.165, 1.54) is 0 Å². The molecule has 9 heteroatoms. The maximum absolute atomic E-state index is 16.9. The van der Waals surface area contributed by atoms with E-state index in [1.54, 1.807) is 6.92 Å². The Morgan fingerprint density at radius 1 is 0.944 bits per heavy atom. The van der Waals surface area contributed by atoms with Gasteiger partial charge in [0.05, 0.1) is 0 Å². The van der Waals surface area contributed by atoms with Gasteiger partial charge in [-0.3, -0.25) is 4.79 Å². The van der Waals surface area contributed by atoms with Crippen LogP contribution >= 0.6 is 0 Å². The normalized spacial score (nSPS) is 38.5. The molecule has 0 bridgehead atoms. The first-order chi connectivity index (χ1) is 16.4.